The molecule has 1 atom stereocenters. The molecule has 0 heterocycles. The summed E-state index contributed by atoms with van der Waals surface area (Å²) in [5, 5.41) is 17.8. The Labute approximate surface area is 111 Å². The number of aliphatic hydroxyl groups excluding tert-OH is 1. The third-order valence-corrected chi connectivity index (χ3v) is 2.44. The largest absolute Gasteiger partial charge is 0.478 e. The molecule has 0 spiro atoms. The van der Waals surface area contributed by atoms with Crippen molar-refractivity contribution in [1.82, 2.24) is 4.90 Å². The summed E-state index contributed by atoms with van der Waals surface area (Å²) in [6, 6.07) is 6.66. The maximum absolute atomic E-state index is 12.0. The van der Waals surface area contributed by atoms with Gasteiger partial charge in [-0.25, -0.2) is 4.79 Å². The topological polar surface area (TPSA) is 77.8 Å². The Balaban J connectivity index is 2.86. The number of aliphatic hydroxyl groups is 1. The third kappa shape index (κ3) is 4.93. The molecular weight excluding hydrogens is 246 g/mol. The molecule has 0 aliphatic carbocycles. The van der Waals surface area contributed by atoms with Gasteiger partial charge in [-0.05, 0) is 30.7 Å². The molecule has 1 aromatic rings. The van der Waals surface area contributed by atoms with E-state index in [2.05, 4.69) is 0 Å². The summed E-state index contributed by atoms with van der Waals surface area (Å²) in [6.07, 6.45) is 1.85. The van der Waals surface area contributed by atoms with Gasteiger partial charge in [-0.1, -0.05) is 12.1 Å². The predicted molar refractivity (Wildman–Crippen MR) is 71.8 cm³/mol. The average molecular weight is 263 g/mol. The number of benzene rings is 1. The van der Waals surface area contributed by atoms with Crippen LogP contribution in [0.3, 0.4) is 0 Å². The molecule has 1 unspecified atom stereocenters. The Morgan fingerprint density at radius 1 is 1.42 bits per heavy atom. The Morgan fingerprint density at radius 3 is 2.68 bits per heavy atom. The smallest absolute Gasteiger partial charge is 0.328 e. The molecule has 1 aromatic carbocycles. The van der Waals surface area contributed by atoms with Crippen LogP contribution in [0.15, 0.2) is 30.3 Å². The lowest BCUT2D eigenvalue weighted by atomic mass is 10.1. The normalized spacial score (nSPS) is 12.4. The number of rotatable bonds is 5. The first-order valence-electron chi connectivity index (χ1n) is 5.84. The molecule has 0 aliphatic heterocycles. The van der Waals surface area contributed by atoms with Gasteiger partial charge in [-0.3, -0.25) is 4.79 Å². The van der Waals surface area contributed by atoms with E-state index >= 15 is 0 Å². The van der Waals surface area contributed by atoms with Crippen LogP contribution in [0, 0.1) is 0 Å². The van der Waals surface area contributed by atoms with E-state index in [1.54, 1.807) is 38.2 Å². The summed E-state index contributed by atoms with van der Waals surface area (Å²) in [6.45, 7) is 1.85. The highest BCUT2D eigenvalue weighted by Crippen LogP contribution is 2.09. The van der Waals surface area contributed by atoms with Gasteiger partial charge in [0.2, 0.25) is 0 Å². The van der Waals surface area contributed by atoms with Crippen molar-refractivity contribution < 1.29 is 19.8 Å². The summed E-state index contributed by atoms with van der Waals surface area (Å²) in [5.74, 6) is -1.26. The van der Waals surface area contributed by atoms with Gasteiger partial charge in [0, 0.05) is 25.2 Å². The van der Waals surface area contributed by atoms with Gasteiger partial charge >= 0.3 is 5.97 Å². The van der Waals surface area contributed by atoms with Gasteiger partial charge in [-0.2, -0.15) is 0 Å². The van der Waals surface area contributed by atoms with Crippen molar-refractivity contribution in [3.63, 3.8) is 0 Å². The number of carboxylic acids is 1. The summed E-state index contributed by atoms with van der Waals surface area (Å²) in [4.78, 5) is 23.9. The standard InChI is InChI=1S/C14H17NO4/c1-10(16)9-15(2)14(19)12-5-3-4-11(8-12)6-7-13(17)18/h3-8,10,16H,9H2,1-2H3,(H,17,18). The molecule has 19 heavy (non-hydrogen) atoms. The lowest BCUT2D eigenvalue weighted by molar-refractivity contribution is -0.131. The van der Waals surface area contributed by atoms with Gasteiger partial charge in [-0.15, -0.1) is 0 Å². The second-order valence-corrected chi connectivity index (χ2v) is 4.33. The van der Waals surface area contributed by atoms with E-state index in [-0.39, 0.29) is 12.5 Å². The van der Waals surface area contributed by atoms with Crippen LogP contribution >= 0.6 is 0 Å². The van der Waals surface area contributed by atoms with Crippen LogP contribution in [-0.2, 0) is 4.79 Å². The molecule has 2 N–H and O–H groups in total. The first kappa shape index (κ1) is 14.9. The third-order valence-electron chi connectivity index (χ3n) is 2.44. The van der Waals surface area contributed by atoms with E-state index in [1.165, 1.54) is 11.0 Å². The zero-order valence-corrected chi connectivity index (χ0v) is 10.9. The molecular formula is C14H17NO4. The summed E-state index contributed by atoms with van der Waals surface area (Å²) in [7, 11) is 1.61. The van der Waals surface area contributed by atoms with Crippen molar-refractivity contribution in [1.29, 1.82) is 0 Å². The lowest BCUT2D eigenvalue weighted by Gasteiger charge is -2.18. The Bertz CT molecular complexity index is 494. The number of amides is 1. The number of hydrogen-bond donors (Lipinski definition) is 2. The van der Waals surface area contributed by atoms with Crippen LogP contribution in [0.1, 0.15) is 22.8 Å². The van der Waals surface area contributed by atoms with Crippen LogP contribution < -0.4 is 0 Å². The molecule has 0 saturated heterocycles. The van der Waals surface area contributed by atoms with Crippen LogP contribution in [0.25, 0.3) is 6.08 Å². The highest BCUT2D eigenvalue weighted by Gasteiger charge is 2.13. The van der Waals surface area contributed by atoms with Gasteiger partial charge in [0.15, 0.2) is 0 Å². The molecule has 0 radical (unpaired) electrons. The molecule has 0 aliphatic rings. The predicted octanol–water partition coefficient (Wildman–Crippen LogP) is 1.24. The minimum absolute atomic E-state index is 0.216. The minimum Gasteiger partial charge on any atom is -0.478 e. The zero-order chi connectivity index (χ0) is 14.4. The fourth-order valence-corrected chi connectivity index (χ4v) is 1.64. The first-order valence-corrected chi connectivity index (χ1v) is 5.84. The number of aliphatic carboxylic acids is 1. The second-order valence-electron chi connectivity index (χ2n) is 4.33. The van der Waals surface area contributed by atoms with E-state index in [1.807, 2.05) is 0 Å². The van der Waals surface area contributed by atoms with Crippen LogP contribution in [0.4, 0.5) is 0 Å². The van der Waals surface area contributed by atoms with E-state index in [0.29, 0.717) is 11.1 Å². The van der Waals surface area contributed by atoms with E-state index in [4.69, 9.17) is 5.11 Å². The maximum atomic E-state index is 12.0. The summed E-state index contributed by atoms with van der Waals surface area (Å²) in [5.41, 5.74) is 1.09. The number of carbonyl (C=O) groups excluding carboxylic acids is 1. The van der Waals surface area contributed by atoms with Crippen molar-refractivity contribution in [2.45, 2.75) is 13.0 Å². The van der Waals surface area contributed by atoms with E-state index < -0.39 is 12.1 Å². The molecule has 0 bridgehead atoms. The summed E-state index contributed by atoms with van der Waals surface area (Å²) < 4.78 is 0. The molecule has 0 saturated carbocycles. The van der Waals surface area contributed by atoms with Crippen molar-refractivity contribution in [3.8, 4) is 0 Å². The molecule has 102 valence electrons. The summed E-state index contributed by atoms with van der Waals surface area (Å²) >= 11 is 0. The highest BCUT2D eigenvalue weighted by molar-refractivity contribution is 5.95. The van der Waals surface area contributed by atoms with E-state index in [0.717, 1.165) is 6.08 Å². The van der Waals surface area contributed by atoms with Crippen LogP contribution in [-0.4, -0.2) is 46.7 Å². The van der Waals surface area contributed by atoms with Gasteiger partial charge in [0.1, 0.15) is 0 Å². The number of hydrogen-bond acceptors (Lipinski definition) is 3. The SMILES string of the molecule is CC(O)CN(C)C(=O)c1cccc(C=CC(=O)O)c1. The Kier molecular flexibility index (Phi) is 5.26. The lowest BCUT2D eigenvalue weighted by Crippen LogP contribution is -2.33. The molecule has 5 nitrogen and oxygen atoms in total. The van der Waals surface area contributed by atoms with E-state index in [9.17, 15) is 14.7 Å². The number of carbonyl (C=O) groups is 2. The van der Waals surface area contributed by atoms with Crippen molar-refractivity contribution in [2.75, 3.05) is 13.6 Å². The quantitative estimate of drug-likeness (QED) is 0.783. The maximum Gasteiger partial charge on any atom is 0.328 e. The molecule has 1 rings (SSSR count). The average Bonchev–Trinajstić information content (AvgIpc) is 2.35. The molecule has 0 aromatic heterocycles. The van der Waals surface area contributed by atoms with Crippen LogP contribution in [0.5, 0.6) is 0 Å². The highest BCUT2D eigenvalue weighted by atomic mass is 16.4. The first-order chi connectivity index (χ1) is 8.90. The van der Waals surface area contributed by atoms with Crippen molar-refractivity contribution in [2.24, 2.45) is 0 Å². The van der Waals surface area contributed by atoms with Crippen LogP contribution in [0.2, 0.25) is 0 Å². The zero-order valence-electron chi connectivity index (χ0n) is 10.9. The Morgan fingerprint density at radius 2 is 2.11 bits per heavy atom. The number of nitrogens with zero attached hydrogens (tertiary/aromatic N) is 1. The van der Waals surface area contributed by atoms with Gasteiger partial charge in [0.05, 0.1) is 6.10 Å². The Hall–Kier alpha value is -2.14. The number of likely N-dealkylation sites (N-methyl/N-ethyl adjacent to an activating group) is 1. The van der Waals surface area contributed by atoms with Crippen molar-refractivity contribution >= 4 is 18.0 Å². The number of carboxylic acid groups (broad SMARTS) is 1. The fraction of sp³-hybridized carbons (Fsp3) is 0.286. The second kappa shape index (κ2) is 6.70. The monoisotopic (exact) mass is 263 g/mol. The fourth-order valence-electron chi connectivity index (χ4n) is 1.64. The van der Waals surface area contributed by atoms with Crippen molar-refractivity contribution in [3.05, 3.63) is 41.5 Å². The molecule has 5 heteroatoms. The minimum atomic E-state index is -1.04. The van der Waals surface area contributed by atoms with Gasteiger partial charge in [0.25, 0.3) is 5.91 Å². The molecule has 0 fully saturated rings. The van der Waals surface area contributed by atoms with Gasteiger partial charge < -0.3 is 15.1 Å². The molecule has 1 amide bonds.